The van der Waals surface area contributed by atoms with E-state index in [4.69, 9.17) is 17.3 Å². The number of nitrogens with two attached hydrogens (primary N) is 1. The van der Waals surface area contributed by atoms with Crippen LogP contribution in [0.2, 0.25) is 5.02 Å². The standard InChI is InChI=1S/C17H19ClN2O/c1-11(2)16(12-6-4-3-5-7-12)20-17(21)13-8-9-14(18)15(19)10-13/h3-11,16H,19H2,1-2H3,(H,20,21). The quantitative estimate of drug-likeness (QED) is 0.837. The maximum absolute atomic E-state index is 12.4. The van der Waals surface area contributed by atoms with Crippen LogP contribution in [-0.2, 0) is 0 Å². The molecule has 0 fully saturated rings. The summed E-state index contributed by atoms with van der Waals surface area (Å²) in [7, 11) is 0. The normalized spacial score (nSPS) is 12.2. The van der Waals surface area contributed by atoms with Gasteiger partial charge in [0.2, 0.25) is 0 Å². The van der Waals surface area contributed by atoms with Gasteiger partial charge in [-0.05, 0) is 29.7 Å². The van der Waals surface area contributed by atoms with Crippen molar-refractivity contribution in [2.24, 2.45) is 5.92 Å². The molecule has 2 aromatic carbocycles. The van der Waals surface area contributed by atoms with Crippen molar-refractivity contribution in [1.82, 2.24) is 5.32 Å². The van der Waals surface area contributed by atoms with E-state index in [1.54, 1.807) is 18.2 Å². The third-order valence-corrected chi connectivity index (χ3v) is 3.71. The lowest BCUT2D eigenvalue weighted by Gasteiger charge is -2.23. The molecule has 3 N–H and O–H groups in total. The fourth-order valence-electron chi connectivity index (χ4n) is 2.20. The van der Waals surface area contributed by atoms with Gasteiger partial charge >= 0.3 is 0 Å². The van der Waals surface area contributed by atoms with E-state index in [1.807, 2.05) is 30.3 Å². The number of rotatable bonds is 4. The smallest absolute Gasteiger partial charge is 0.251 e. The highest BCUT2D eigenvalue weighted by Crippen LogP contribution is 2.23. The molecule has 2 aromatic rings. The zero-order valence-electron chi connectivity index (χ0n) is 12.1. The van der Waals surface area contributed by atoms with Gasteiger partial charge in [0.15, 0.2) is 0 Å². The Kier molecular flexibility index (Phi) is 4.86. The van der Waals surface area contributed by atoms with Crippen LogP contribution >= 0.6 is 11.6 Å². The Morgan fingerprint density at radius 1 is 1.14 bits per heavy atom. The molecule has 1 atom stereocenters. The molecule has 0 bridgehead atoms. The molecule has 0 radical (unpaired) electrons. The number of anilines is 1. The first-order valence-electron chi connectivity index (χ1n) is 6.90. The molecular formula is C17H19ClN2O. The molecule has 0 aliphatic rings. The van der Waals surface area contributed by atoms with Crippen molar-refractivity contribution in [3.8, 4) is 0 Å². The lowest BCUT2D eigenvalue weighted by atomic mass is 9.95. The summed E-state index contributed by atoms with van der Waals surface area (Å²) in [5, 5.41) is 3.51. The van der Waals surface area contributed by atoms with E-state index in [9.17, 15) is 4.79 Å². The molecule has 0 saturated heterocycles. The van der Waals surface area contributed by atoms with Crippen molar-refractivity contribution in [3.05, 3.63) is 64.7 Å². The van der Waals surface area contributed by atoms with Gasteiger partial charge in [-0.3, -0.25) is 4.79 Å². The van der Waals surface area contributed by atoms with E-state index in [0.717, 1.165) is 5.56 Å². The second-order valence-electron chi connectivity index (χ2n) is 5.34. The van der Waals surface area contributed by atoms with Gasteiger partial charge in [-0.25, -0.2) is 0 Å². The van der Waals surface area contributed by atoms with Gasteiger partial charge in [0.05, 0.1) is 16.8 Å². The van der Waals surface area contributed by atoms with Crippen molar-refractivity contribution in [1.29, 1.82) is 0 Å². The van der Waals surface area contributed by atoms with Gasteiger partial charge in [-0.15, -0.1) is 0 Å². The van der Waals surface area contributed by atoms with Gasteiger partial charge in [0, 0.05) is 5.56 Å². The number of carbonyl (C=O) groups is 1. The Balaban J connectivity index is 2.21. The predicted octanol–water partition coefficient (Wildman–Crippen LogP) is 4.05. The molecule has 0 saturated carbocycles. The van der Waals surface area contributed by atoms with Crippen molar-refractivity contribution in [3.63, 3.8) is 0 Å². The van der Waals surface area contributed by atoms with Gasteiger partial charge in [0.1, 0.15) is 0 Å². The number of carbonyl (C=O) groups excluding carboxylic acids is 1. The van der Waals surface area contributed by atoms with E-state index >= 15 is 0 Å². The van der Waals surface area contributed by atoms with Gasteiger partial charge < -0.3 is 11.1 Å². The minimum Gasteiger partial charge on any atom is -0.398 e. The second kappa shape index (κ2) is 6.64. The summed E-state index contributed by atoms with van der Waals surface area (Å²) < 4.78 is 0. The maximum atomic E-state index is 12.4. The zero-order valence-corrected chi connectivity index (χ0v) is 12.9. The largest absolute Gasteiger partial charge is 0.398 e. The third-order valence-electron chi connectivity index (χ3n) is 3.37. The van der Waals surface area contributed by atoms with Gasteiger partial charge in [-0.2, -0.15) is 0 Å². The lowest BCUT2D eigenvalue weighted by molar-refractivity contribution is 0.0925. The highest BCUT2D eigenvalue weighted by molar-refractivity contribution is 6.33. The maximum Gasteiger partial charge on any atom is 0.251 e. The van der Waals surface area contributed by atoms with Crippen LogP contribution in [-0.4, -0.2) is 5.91 Å². The van der Waals surface area contributed by atoms with Crippen LogP contribution in [0.1, 0.15) is 35.8 Å². The predicted molar refractivity (Wildman–Crippen MR) is 87.4 cm³/mol. The topological polar surface area (TPSA) is 55.1 Å². The molecule has 0 aromatic heterocycles. The van der Waals surface area contributed by atoms with Crippen LogP contribution in [0.15, 0.2) is 48.5 Å². The third kappa shape index (κ3) is 3.76. The number of halogens is 1. The number of hydrogen-bond acceptors (Lipinski definition) is 2. The monoisotopic (exact) mass is 302 g/mol. The van der Waals surface area contributed by atoms with E-state index in [1.165, 1.54) is 0 Å². The minimum atomic E-state index is -0.152. The molecule has 1 unspecified atom stereocenters. The van der Waals surface area contributed by atoms with E-state index in [2.05, 4.69) is 19.2 Å². The molecule has 3 nitrogen and oxygen atoms in total. The molecule has 4 heteroatoms. The SMILES string of the molecule is CC(C)C(NC(=O)c1ccc(Cl)c(N)c1)c1ccccc1. The summed E-state index contributed by atoms with van der Waals surface area (Å²) in [6, 6.07) is 14.8. The summed E-state index contributed by atoms with van der Waals surface area (Å²) in [4.78, 5) is 12.4. The second-order valence-corrected chi connectivity index (χ2v) is 5.75. The number of amides is 1. The summed E-state index contributed by atoms with van der Waals surface area (Å²) in [6.45, 7) is 4.16. The molecular weight excluding hydrogens is 284 g/mol. The Morgan fingerprint density at radius 3 is 2.38 bits per heavy atom. The first-order chi connectivity index (χ1) is 9.99. The van der Waals surface area contributed by atoms with Crippen LogP contribution in [0.4, 0.5) is 5.69 Å². The van der Waals surface area contributed by atoms with Crippen LogP contribution in [0.3, 0.4) is 0 Å². The summed E-state index contributed by atoms with van der Waals surface area (Å²) >= 11 is 5.88. The first kappa shape index (κ1) is 15.4. The molecule has 0 spiro atoms. The van der Waals surface area contributed by atoms with Gasteiger partial charge in [0.25, 0.3) is 5.91 Å². The van der Waals surface area contributed by atoms with Crippen LogP contribution in [0.5, 0.6) is 0 Å². The van der Waals surface area contributed by atoms with Crippen LogP contribution in [0.25, 0.3) is 0 Å². The Labute approximate surface area is 130 Å². The molecule has 0 aliphatic heterocycles. The molecule has 2 rings (SSSR count). The Hall–Kier alpha value is -2.00. The van der Waals surface area contributed by atoms with Gasteiger partial charge in [-0.1, -0.05) is 55.8 Å². The minimum absolute atomic E-state index is 0.0457. The van der Waals surface area contributed by atoms with E-state index in [0.29, 0.717) is 16.3 Å². The van der Waals surface area contributed by atoms with Crippen LogP contribution in [0, 0.1) is 5.92 Å². The Bertz CT molecular complexity index is 626. The molecule has 1 amide bonds. The average Bonchev–Trinajstić information content (AvgIpc) is 2.48. The van der Waals surface area contributed by atoms with Crippen molar-refractivity contribution in [2.45, 2.75) is 19.9 Å². The molecule has 21 heavy (non-hydrogen) atoms. The van der Waals surface area contributed by atoms with E-state index in [-0.39, 0.29) is 17.9 Å². The highest BCUT2D eigenvalue weighted by atomic mass is 35.5. The average molecular weight is 303 g/mol. The fourth-order valence-corrected chi connectivity index (χ4v) is 2.32. The fraction of sp³-hybridized carbons (Fsp3) is 0.235. The lowest BCUT2D eigenvalue weighted by Crippen LogP contribution is -2.31. The number of nitrogen functional groups attached to an aromatic ring is 1. The molecule has 0 aliphatic carbocycles. The van der Waals surface area contributed by atoms with Crippen molar-refractivity contribution < 1.29 is 4.79 Å². The highest BCUT2D eigenvalue weighted by Gasteiger charge is 2.19. The van der Waals surface area contributed by atoms with Crippen molar-refractivity contribution in [2.75, 3.05) is 5.73 Å². The zero-order chi connectivity index (χ0) is 15.4. The first-order valence-corrected chi connectivity index (χ1v) is 7.27. The van der Waals surface area contributed by atoms with E-state index < -0.39 is 0 Å². The van der Waals surface area contributed by atoms with Crippen molar-refractivity contribution >= 4 is 23.2 Å². The number of benzene rings is 2. The summed E-state index contributed by atoms with van der Waals surface area (Å²) in [5.74, 6) is 0.127. The Morgan fingerprint density at radius 2 is 1.81 bits per heavy atom. The molecule has 110 valence electrons. The summed E-state index contributed by atoms with van der Waals surface area (Å²) in [6.07, 6.45) is 0. The number of hydrogen-bond donors (Lipinski definition) is 2. The summed E-state index contributed by atoms with van der Waals surface area (Å²) in [5.41, 5.74) is 7.75. The molecule has 0 heterocycles. The number of nitrogens with one attached hydrogen (secondary N) is 1. The van der Waals surface area contributed by atoms with Crippen LogP contribution < -0.4 is 11.1 Å².